The molecule has 0 radical (unpaired) electrons. The van der Waals surface area contributed by atoms with Crippen LogP contribution in [0.4, 0.5) is 0 Å². The van der Waals surface area contributed by atoms with Crippen molar-refractivity contribution in [1.82, 2.24) is 0 Å². The van der Waals surface area contributed by atoms with E-state index in [0.29, 0.717) is 12.6 Å². The van der Waals surface area contributed by atoms with Gasteiger partial charge >= 0.3 is 0 Å². The van der Waals surface area contributed by atoms with Crippen molar-refractivity contribution >= 4 is 18.4 Å². The second-order valence-corrected chi connectivity index (χ2v) is 2.97. The van der Waals surface area contributed by atoms with Crippen molar-refractivity contribution in [2.45, 2.75) is 0 Å². The van der Waals surface area contributed by atoms with Gasteiger partial charge in [-0.25, -0.2) is 0 Å². The molecular formula is C11H6O5. The first-order chi connectivity index (χ1) is 7.74. The van der Waals surface area contributed by atoms with Gasteiger partial charge in [0.15, 0.2) is 35.6 Å². The Morgan fingerprint density at radius 1 is 0.875 bits per heavy atom. The zero-order valence-electron chi connectivity index (χ0n) is 8.01. The summed E-state index contributed by atoms with van der Waals surface area (Å²) in [6, 6.07) is 5.50. The molecule has 2 rings (SSSR count). The topological polar surface area (TPSA) is 77.5 Å². The van der Waals surface area contributed by atoms with E-state index in [-0.39, 0.29) is 23.0 Å². The van der Waals surface area contributed by atoms with Crippen LogP contribution < -0.4 is 0 Å². The molecule has 0 aromatic carbocycles. The van der Waals surface area contributed by atoms with E-state index in [9.17, 15) is 14.4 Å². The summed E-state index contributed by atoms with van der Waals surface area (Å²) in [5, 5.41) is 0. The highest BCUT2D eigenvalue weighted by Gasteiger charge is 2.17. The standard InChI is InChI=1S/C11H6O5/c12-5-7-1-3-9(15-7)11(14)10-4-2-8(6-13)16-10/h1-6H. The SMILES string of the molecule is O=Cc1ccc(C(=O)c2ccc(C=O)o2)o1. The van der Waals surface area contributed by atoms with E-state index in [1.165, 1.54) is 24.3 Å². The van der Waals surface area contributed by atoms with Gasteiger partial charge in [0.2, 0.25) is 0 Å². The van der Waals surface area contributed by atoms with Gasteiger partial charge in [-0.05, 0) is 24.3 Å². The summed E-state index contributed by atoms with van der Waals surface area (Å²) in [6.45, 7) is 0. The molecule has 5 heteroatoms. The van der Waals surface area contributed by atoms with Crippen molar-refractivity contribution in [2.75, 3.05) is 0 Å². The Bertz CT molecular complexity index is 498. The minimum atomic E-state index is -0.513. The van der Waals surface area contributed by atoms with Crippen molar-refractivity contribution < 1.29 is 23.2 Å². The maximum atomic E-state index is 11.7. The van der Waals surface area contributed by atoms with Crippen LogP contribution in [0.25, 0.3) is 0 Å². The van der Waals surface area contributed by atoms with Gasteiger partial charge in [-0.2, -0.15) is 0 Å². The summed E-state index contributed by atoms with van der Waals surface area (Å²) in [7, 11) is 0. The molecule has 2 aromatic rings. The van der Waals surface area contributed by atoms with Gasteiger partial charge in [0.05, 0.1) is 0 Å². The van der Waals surface area contributed by atoms with Gasteiger partial charge in [0.1, 0.15) is 0 Å². The van der Waals surface area contributed by atoms with E-state index in [1.807, 2.05) is 0 Å². The molecule has 0 aliphatic heterocycles. The lowest BCUT2D eigenvalue weighted by atomic mass is 10.2. The molecule has 0 saturated carbocycles. The smallest absolute Gasteiger partial charge is 0.263 e. The Morgan fingerprint density at radius 3 is 1.62 bits per heavy atom. The number of hydrogen-bond acceptors (Lipinski definition) is 5. The first-order valence-electron chi connectivity index (χ1n) is 4.39. The van der Waals surface area contributed by atoms with E-state index in [4.69, 9.17) is 8.83 Å². The van der Waals surface area contributed by atoms with Crippen molar-refractivity contribution in [3.05, 3.63) is 47.3 Å². The Morgan fingerprint density at radius 2 is 1.31 bits per heavy atom. The number of rotatable bonds is 4. The average molecular weight is 218 g/mol. The molecule has 0 saturated heterocycles. The highest BCUT2D eigenvalue weighted by molar-refractivity contribution is 6.05. The normalized spacial score (nSPS) is 10.0. The van der Waals surface area contributed by atoms with Crippen molar-refractivity contribution in [1.29, 1.82) is 0 Å². The number of carbonyl (C=O) groups is 3. The third kappa shape index (κ3) is 1.70. The largest absolute Gasteiger partial charge is 0.450 e. The molecule has 0 atom stereocenters. The van der Waals surface area contributed by atoms with Crippen LogP contribution in [0.15, 0.2) is 33.1 Å². The van der Waals surface area contributed by atoms with Crippen LogP contribution in [0.1, 0.15) is 37.4 Å². The second kappa shape index (κ2) is 3.98. The van der Waals surface area contributed by atoms with Crippen LogP contribution in [0.3, 0.4) is 0 Å². The van der Waals surface area contributed by atoms with Gasteiger partial charge in [0, 0.05) is 0 Å². The molecule has 0 aliphatic rings. The summed E-state index contributed by atoms with van der Waals surface area (Å²) in [4.78, 5) is 32.4. The highest BCUT2D eigenvalue weighted by Crippen LogP contribution is 2.14. The van der Waals surface area contributed by atoms with E-state index >= 15 is 0 Å². The molecular weight excluding hydrogens is 212 g/mol. The Labute approximate surface area is 89.7 Å². The quantitative estimate of drug-likeness (QED) is 0.576. The third-order valence-corrected chi connectivity index (χ3v) is 1.93. The molecule has 80 valence electrons. The molecule has 5 nitrogen and oxygen atoms in total. The van der Waals surface area contributed by atoms with E-state index in [1.54, 1.807) is 0 Å². The van der Waals surface area contributed by atoms with Crippen LogP contribution in [0.2, 0.25) is 0 Å². The number of aldehydes is 2. The van der Waals surface area contributed by atoms with Gasteiger partial charge in [-0.1, -0.05) is 0 Å². The average Bonchev–Trinajstić information content (AvgIpc) is 2.97. The van der Waals surface area contributed by atoms with Crippen molar-refractivity contribution in [2.24, 2.45) is 0 Å². The fourth-order valence-corrected chi connectivity index (χ4v) is 1.20. The van der Waals surface area contributed by atoms with Crippen molar-refractivity contribution in [3.8, 4) is 0 Å². The molecule has 0 aliphatic carbocycles. The van der Waals surface area contributed by atoms with Crippen molar-refractivity contribution in [3.63, 3.8) is 0 Å². The molecule has 0 N–H and O–H groups in total. The lowest BCUT2D eigenvalue weighted by Gasteiger charge is -1.90. The lowest BCUT2D eigenvalue weighted by molar-refractivity contribution is 0.0976. The fourth-order valence-electron chi connectivity index (χ4n) is 1.20. The van der Waals surface area contributed by atoms with Crippen LogP contribution in [-0.2, 0) is 0 Å². The maximum Gasteiger partial charge on any atom is 0.263 e. The molecule has 0 bridgehead atoms. The Hall–Kier alpha value is -2.43. The number of carbonyl (C=O) groups excluding carboxylic acids is 3. The first kappa shape index (κ1) is 10.1. The summed E-state index contributed by atoms with van der Waals surface area (Å²) in [6.07, 6.45) is 0.992. The lowest BCUT2D eigenvalue weighted by Crippen LogP contribution is -1.97. The summed E-state index contributed by atoms with van der Waals surface area (Å²) >= 11 is 0. The minimum Gasteiger partial charge on any atom is -0.450 e. The number of hydrogen-bond donors (Lipinski definition) is 0. The van der Waals surface area contributed by atoms with Gasteiger partial charge in [-0.15, -0.1) is 0 Å². The van der Waals surface area contributed by atoms with Crippen LogP contribution >= 0.6 is 0 Å². The van der Waals surface area contributed by atoms with Gasteiger partial charge < -0.3 is 8.83 Å². The Balaban J connectivity index is 2.30. The molecule has 2 aromatic heterocycles. The monoisotopic (exact) mass is 218 g/mol. The van der Waals surface area contributed by atoms with Crippen LogP contribution in [0, 0.1) is 0 Å². The number of ketones is 1. The third-order valence-electron chi connectivity index (χ3n) is 1.93. The summed E-state index contributed by atoms with van der Waals surface area (Å²) in [5.74, 6) is -0.403. The summed E-state index contributed by atoms with van der Waals surface area (Å²) < 4.78 is 9.85. The second-order valence-electron chi connectivity index (χ2n) is 2.97. The van der Waals surface area contributed by atoms with Crippen LogP contribution in [0.5, 0.6) is 0 Å². The van der Waals surface area contributed by atoms with Gasteiger partial charge in [0.25, 0.3) is 5.78 Å². The molecule has 0 amide bonds. The predicted octanol–water partition coefficient (Wildman–Crippen LogP) is 1.73. The van der Waals surface area contributed by atoms with E-state index < -0.39 is 5.78 Å². The molecule has 2 heterocycles. The highest BCUT2D eigenvalue weighted by atomic mass is 16.4. The predicted molar refractivity (Wildman–Crippen MR) is 51.6 cm³/mol. The maximum absolute atomic E-state index is 11.7. The molecule has 16 heavy (non-hydrogen) atoms. The minimum absolute atomic E-state index is 0.00565. The van der Waals surface area contributed by atoms with Crippen LogP contribution in [-0.4, -0.2) is 18.4 Å². The molecule has 0 unspecified atom stereocenters. The molecule has 0 fully saturated rings. The first-order valence-corrected chi connectivity index (χ1v) is 4.39. The fraction of sp³-hybridized carbons (Fsp3) is 0. The summed E-state index contributed by atoms with van der Waals surface area (Å²) in [5.41, 5.74) is 0. The van der Waals surface area contributed by atoms with E-state index in [2.05, 4.69) is 0 Å². The van der Waals surface area contributed by atoms with Gasteiger partial charge in [-0.3, -0.25) is 14.4 Å². The zero-order valence-corrected chi connectivity index (χ0v) is 8.01. The number of furan rings is 2. The molecule has 0 spiro atoms. The van der Waals surface area contributed by atoms with E-state index in [0.717, 1.165) is 0 Å². The zero-order chi connectivity index (χ0) is 11.5. The Kier molecular flexibility index (Phi) is 2.51.